The first-order valence-corrected chi connectivity index (χ1v) is 13.3. The molecule has 39 heavy (non-hydrogen) atoms. The van der Waals surface area contributed by atoms with Crippen LogP contribution in [0.5, 0.6) is 0 Å². The molecular weight excluding hydrogens is 472 g/mol. The number of rotatable bonds is 0. The molecule has 0 atom stereocenters. The van der Waals surface area contributed by atoms with E-state index in [0.29, 0.717) is 0 Å². The Morgan fingerprint density at radius 2 is 0.872 bits per heavy atom. The lowest BCUT2D eigenvalue weighted by molar-refractivity contribution is 0.708. The van der Waals surface area contributed by atoms with Crippen molar-refractivity contribution in [1.29, 1.82) is 0 Å². The third-order valence-electron chi connectivity index (χ3n) is 8.05. The second kappa shape index (κ2) is 8.47. The number of hydrogen-bond acceptors (Lipinski definition) is 2. The normalized spacial score (nSPS) is 13.7. The quantitative estimate of drug-likeness (QED) is 0.210. The molecule has 3 heterocycles. The molecule has 0 radical (unpaired) electrons. The highest BCUT2D eigenvalue weighted by Gasteiger charge is 2.48. The molecule has 8 bridgehead atoms. The summed E-state index contributed by atoms with van der Waals surface area (Å²) in [6, 6.07) is 47.5. The SMILES string of the molecule is C1=Cc2cccc(c2)-c2cccc(n2)C2(c3cccc(n3)-c3cccc1c3)c1ccccc1-c1ccccc12. The van der Waals surface area contributed by atoms with Crippen molar-refractivity contribution in [2.45, 2.75) is 5.41 Å². The van der Waals surface area contributed by atoms with Crippen molar-refractivity contribution < 1.29 is 0 Å². The van der Waals surface area contributed by atoms with E-state index in [1.165, 1.54) is 22.3 Å². The van der Waals surface area contributed by atoms with E-state index >= 15 is 0 Å². The summed E-state index contributed by atoms with van der Waals surface area (Å²) in [5.74, 6) is 0. The summed E-state index contributed by atoms with van der Waals surface area (Å²) < 4.78 is 0. The highest BCUT2D eigenvalue weighted by Crippen LogP contribution is 2.55. The van der Waals surface area contributed by atoms with E-state index in [9.17, 15) is 0 Å². The molecule has 4 aromatic carbocycles. The molecule has 1 aliphatic carbocycles. The Balaban J connectivity index is 1.53. The zero-order chi connectivity index (χ0) is 25.8. The largest absolute Gasteiger partial charge is 0.251 e. The standard InChI is InChI=1S/C37H24N2/c1-3-15-31-29(13-1)30-14-2-4-16-32(30)37(31)35-19-7-17-33(38-35)27-11-5-9-25(23-27)21-22-26-10-6-12-28(24-26)34-18-8-20-36(37)39-34/h1-24H. The Hall–Kier alpha value is -5.08. The van der Waals surface area contributed by atoms with Crippen molar-refractivity contribution >= 4 is 12.2 Å². The highest BCUT2D eigenvalue weighted by molar-refractivity contribution is 5.86. The molecule has 0 unspecified atom stereocenters. The van der Waals surface area contributed by atoms with Gasteiger partial charge in [0.2, 0.25) is 0 Å². The molecule has 8 rings (SSSR count). The van der Waals surface area contributed by atoms with Crippen LogP contribution in [0.3, 0.4) is 0 Å². The van der Waals surface area contributed by atoms with Crippen molar-refractivity contribution in [1.82, 2.24) is 9.97 Å². The lowest BCUT2D eigenvalue weighted by atomic mass is 9.72. The predicted octanol–water partition coefficient (Wildman–Crippen LogP) is 8.66. The van der Waals surface area contributed by atoms with Gasteiger partial charge in [-0.25, -0.2) is 0 Å². The molecule has 1 aliphatic heterocycles. The molecule has 0 saturated heterocycles. The van der Waals surface area contributed by atoms with E-state index in [1.807, 2.05) is 0 Å². The molecule has 2 nitrogen and oxygen atoms in total. The number of pyridine rings is 2. The van der Waals surface area contributed by atoms with Crippen LogP contribution in [0.1, 0.15) is 33.6 Å². The first-order valence-electron chi connectivity index (χ1n) is 13.3. The fraction of sp³-hybridized carbons (Fsp3) is 0.0270. The second-order valence-electron chi connectivity index (χ2n) is 10.2. The van der Waals surface area contributed by atoms with E-state index in [1.54, 1.807) is 0 Å². The zero-order valence-electron chi connectivity index (χ0n) is 21.3. The van der Waals surface area contributed by atoms with Crippen LogP contribution < -0.4 is 0 Å². The number of aromatic nitrogens is 2. The lowest BCUT2D eigenvalue weighted by Gasteiger charge is -2.32. The summed E-state index contributed by atoms with van der Waals surface area (Å²) in [5, 5.41) is 0. The summed E-state index contributed by atoms with van der Waals surface area (Å²) in [4.78, 5) is 10.8. The van der Waals surface area contributed by atoms with Gasteiger partial charge >= 0.3 is 0 Å². The Labute approximate surface area is 228 Å². The zero-order valence-corrected chi connectivity index (χ0v) is 21.3. The van der Waals surface area contributed by atoms with Crippen molar-refractivity contribution in [3.05, 3.63) is 167 Å². The molecule has 2 aromatic heterocycles. The van der Waals surface area contributed by atoms with Gasteiger partial charge in [0.15, 0.2) is 0 Å². The molecule has 6 aromatic rings. The van der Waals surface area contributed by atoms with Gasteiger partial charge in [-0.15, -0.1) is 0 Å². The van der Waals surface area contributed by atoms with Gasteiger partial charge in [-0.3, -0.25) is 9.97 Å². The highest BCUT2D eigenvalue weighted by atomic mass is 14.8. The first kappa shape index (κ1) is 22.0. The molecule has 0 fully saturated rings. The third-order valence-corrected chi connectivity index (χ3v) is 8.05. The minimum atomic E-state index is -0.646. The monoisotopic (exact) mass is 496 g/mol. The van der Waals surface area contributed by atoms with Gasteiger partial charge in [-0.2, -0.15) is 0 Å². The Kier molecular flexibility index (Phi) is 4.77. The Morgan fingerprint density at radius 3 is 1.38 bits per heavy atom. The Bertz CT molecular complexity index is 1790. The minimum Gasteiger partial charge on any atom is -0.251 e. The molecule has 0 N–H and O–H groups in total. The molecule has 1 spiro atoms. The van der Waals surface area contributed by atoms with Gasteiger partial charge in [0.05, 0.1) is 22.8 Å². The van der Waals surface area contributed by atoms with E-state index < -0.39 is 5.41 Å². The van der Waals surface area contributed by atoms with E-state index in [0.717, 1.165) is 45.0 Å². The number of nitrogens with zero attached hydrogens (tertiary/aromatic N) is 2. The third kappa shape index (κ3) is 3.28. The summed E-state index contributed by atoms with van der Waals surface area (Å²) in [5.41, 5.74) is 12.6. The van der Waals surface area contributed by atoms with Crippen molar-refractivity contribution in [2.75, 3.05) is 0 Å². The van der Waals surface area contributed by atoms with Crippen LogP contribution in [-0.2, 0) is 5.41 Å². The predicted molar refractivity (Wildman–Crippen MR) is 159 cm³/mol. The molecular formula is C37H24N2. The van der Waals surface area contributed by atoms with Crippen molar-refractivity contribution in [3.63, 3.8) is 0 Å². The smallest absolute Gasteiger partial charge is 0.106 e. The van der Waals surface area contributed by atoms with E-state index in [4.69, 9.17) is 9.97 Å². The van der Waals surface area contributed by atoms with E-state index in [-0.39, 0.29) is 0 Å². The maximum atomic E-state index is 5.41. The minimum absolute atomic E-state index is 0.646. The van der Waals surface area contributed by atoms with Crippen LogP contribution in [0, 0.1) is 0 Å². The average molecular weight is 497 g/mol. The first-order chi connectivity index (χ1) is 19.3. The number of fused-ring (bicyclic) bond motifs is 17. The van der Waals surface area contributed by atoms with Gasteiger partial charge in [-0.05, 0) is 69.8 Å². The molecule has 0 saturated carbocycles. The van der Waals surface area contributed by atoms with Gasteiger partial charge in [0, 0.05) is 11.1 Å². The summed E-state index contributed by atoms with van der Waals surface area (Å²) in [6.07, 6.45) is 4.34. The van der Waals surface area contributed by atoms with Gasteiger partial charge < -0.3 is 0 Å². The van der Waals surface area contributed by atoms with Crippen LogP contribution in [0.4, 0.5) is 0 Å². The van der Waals surface area contributed by atoms with Gasteiger partial charge in [0.1, 0.15) is 5.41 Å². The maximum Gasteiger partial charge on any atom is 0.106 e. The lowest BCUT2D eigenvalue weighted by Crippen LogP contribution is -2.31. The van der Waals surface area contributed by atoms with E-state index in [2.05, 4.69) is 146 Å². The Morgan fingerprint density at radius 1 is 0.410 bits per heavy atom. The molecule has 0 amide bonds. The van der Waals surface area contributed by atoms with Crippen LogP contribution in [0.25, 0.3) is 45.8 Å². The fourth-order valence-corrected chi connectivity index (χ4v) is 6.32. The molecule has 182 valence electrons. The van der Waals surface area contributed by atoms with Crippen LogP contribution >= 0.6 is 0 Å². The summed E-state index contributed by atoms with van der Waals surface area (Å²) in [6.45, 7) is 0. The maximum absolute atomic E-state index is 5.41. The molecule has 2 aliphatic rings. The number of benzene rings is 4. The van der Waals surface area contributed by atoms with Gasteiger partial charge in [0.25, 0.3) is 0 Å². The fourth-order valence-electron chi connectivity index (χ4n) is 6.32. The topological polar surface area (TPSA) is 25.8 Å². The summed E-state index contributed by atoms with van der Waals surface area (Å²) in [7, 11) is 0. The van der Waals surface area contributed by atoms with Gasteiger partial charge in [-0.1, -0.05) is 109 Å². The average Bonchev–Trinajstić information content (AvgIpc) is 3.31. The van der Waals surface area contributed by atoms with Crippen LogP contribution in [0.2, 0.25) is 0 Å². The van der Waals surface area contributed by atoms with Crippen LogP contribution in [0.15, 0.2) is 133 Å². The van der Waals surface area contributed by atoms with Crippen LogP contribution in [-0.4, -0.2) is 9.97 Å². The van der Waals surface area contributed by atoms with Crippen molar-refractivity contribution in [2.24, 2.45) is 0 Å². The summed E-state index contributed by atoms with van der Waals surface area (Å²) >= 11 is 0. The number of hydrogen-bond donors (Lipinski definition) is 0. The molecule has 2 heteroatoms. The van der Waals surface area contributed by atoms with Crippen molar-refractivity contribution in [3.8, 4) is 33.6 Å². The second-order valence-corrected chi connectivity index (χ2v) is 10.2.